The Labute approximate surface area is 117 Å². The maximum atomic E-state index is 6.50. The van der Waals surface area contributed by atoms with Crippen LogP contribution in [0.2, 0.25) is 5.02 Å². The summed E-state index contributed by atoms with van der Waals surface area (Å²) >= 11 is 12.6. The Kier molecular flexibility index (Phi) is 3.54. The molecule has 1 saturated carbocycles. The third kappa shape index (κ3) is 2.26. The number of benzene rings is 1. The van der Waals surface area contributed by atoms with Gasteiger partial charge in [0, 0.05) is 16.7 Å². The van der Waals surface area contributed by atoms with Crippen molar-refractivity contribution in [2.75, 3.05) is 0 Å². The number of alkyl halides is 1. The van der Waals surface area contributed by atoms with Gasteiger partial charge in [-0.25, -0.2) is 0 Å². The first kappa shape index (κ1) is 12.4. The SMILES string of the molecule is Clc1cccc2cc(C3CCCCCC3Cl)oc12. The fourth-order valence-electron chi connectivity index (χ4n) is 2.81. The van der Waals surface area contributed by atoms with Crippen LogP contribution in [-0.4, -0.2) is 5.38 Å². The first-order valence-electron chi connectivity index (χ1n) is 6.58. The quantitative estimate of drug-likeness (QED) is 0.480. The minimum atomic E-state index is 0.187. The van der Waals surface area contributed by atoms with Gasteiger partial charge in [0.05, 0.1) is 5.02 Å². The molecule has 18 heavy (non-hydrogen) atoms. The molecular weight excluding hydrogens is 267 g/mol. The lowest BCUT2D eigenvalue weighted by Gasteiger charge is -2.16. The van der Waals surface area contributed by atoms with Crippen LogP contribution in [0.5, 0.6) is 0 Å². The third-order valence-corrected chi connectivity index (χ3v) is 4.63. The molecule has 3 heteroatoms. The van der Waals surface area contributed by atoms with Crippen LogP contribution in [0.15, 0.2) is 28.7 Å². The predicted octanol–water partition coefficient (Wildman–Crippen LogP) is 5.74. The van der Waals surface area contributed by atoms with E-state index in [1.54, 1.807) is 0 Å². The van der Waals surface area contributed by atoms with Gasteiger partial charge < -0.3 is 4.42 Å². The van der Waals surface area contributed by atoms with Crippen molar-refractivity contribution in [3.8, 4) is 0 Å². The highest BCUT2D eigenvalue weighted by molar-refractivity contribution is 6.34. The van der Waals surface area contributed by atoms with Crippen molar-refractivity contribution in [1.82, 2.24) is 0 Å². The highest BCUT2D eigenvalue weighted by Gasteiger charge is 2.26. The lowest BCUT2D eigenvalue weighted by Crippen LogP contribution is -2.10. The van der Waals surface area contributed by atoms with Crippen molar-refractivity contribution in [3.05, 3.63) is 35.0 Å². The van der Waals surface area contributed by atoms with E-state index in [2.05, 4.69) is 6.07 Å². The maximum absolute atomic E-state index is 6.50. The van der Waals surface area contributed by atoms with E-state index in [4.69, 9.17) is 27.6 Å². The first-order valence-corrected chi connectivity index (χ1v) is 7.39. The zero-order chi connectivity index (χ0) is 12.5. The van der Waals surface area contributed by atoms with Crippen molar-refractivity contribution < 1.29 is 4.42 Å². The van der Waals surface area contributed by atoms with Gasteiger partial charge in [0.15, 0.2) is 5.58 Å². The minimum absolute atomic E-state index is 0.187. The molecule has 2 aromatic rings. The summed E-state index contributed by atoms with van der Waals surface area (Å²) in [5.74, 6) is 1.33. The largest absolute Gasteiger partial charge is 0.459 e. The van der Waals surface area contributed by atoms with Crippen LogP contribution in [0.3, 0.4) is 0 Å². The van der Waals surface area contributed by atoms with E-state index < -0.39 is 0 Å². The van der Waals surface area contributed by atoms with Crippen LogP contribution in [-0.2, 0) is 0 Å². The first-order chi connectivity index (χ1) is 8.75. The monoisotopic (exact) mass is 282 g/mol. The molecule has 2 unspecified atom stereocenters. The molecule has 0 N–H and O–H groups in total. The molecule has 1 aliphatic carbocycles. The number of rotatable bonds is 1. The Bertz CT molecular complexity index is 546. The fraction of sp³-hybridized carbons (Fsp3) is 0.467. The molecule has 0 saturated heterocycles. The standard InChI is InChI=1S/C15H16Cl2O/c16-12-7-3-1-2-6-11(12)14-9-10-5-4-8-13(17)15(10)18-14/h4-5,8-9,11-12H,1-3,6-7H2. The van der Waals surface area contributed by atoms with Crippen molar-refractivity contribution in [3.63, 3.8) is 0 Å². The molecule has 1 fully saturated rings. The lowest BCUT2D eigenvalue weighted by molar-refractivity contribution is 0.460. The van der Waals surface area contributed by atoms with E-state index in [-0.39, 0.29) is 5.38 Å². The Morgan fingerprint density at radius 2 is 1.94 bits per heavy atom. The van der Waals surface area contributed by atoms with Crippen molar-refractivity contribution in [2.24, 2.45) is 0 Å². The van der Waals surface area contributed by atoms with Crippen LogP contribution in [0.4, 0.5) is 0 Å². The molecule has 0 bridgehead atoms. The maximum Gasteiger partial charge on any atom is 0.152 e. The van der Waals surface area contributed by atoms with Crippen molar-refractivity contribution in [2.45, 2.75) is 43.4 Å². The molecule has 0 radical (unpaired) electrons. The molecular formula is C15H16Cl2O. The topological polar surface area (TPSA) is 13.1 Å². The average molecular weight is 283 g/mol. The number of furan rings is 1. The molecule has 0 spiro atoms. The summed E-state index contributed by atoms with van der Waals surface area (Å²) in [5, 5.41) is 1.94. The molecule has 1 aliphatic rings. The zero-order valence-corrected chi connectivity index (χ0v) is 11.7. The van der Waals surface area contributed by atoms with Gasteiger partial charge in [0.2, 0.25) is 0 Å². The molecule has 0 amide bonds. The Balaban J connectivity index is 2.00. The molecule has 1 aromatic carbocycles. The Morgan fingerprint density at radius 3 is 2.78 bits per heavy atom. The lowest BCUT2D eigenvalue weighted by atomic mass is 9.97. The number of halogens is 2. The minimum Gasteiger partial charge on any atom is -0.459 e. The van der Waals surface area contributed by atoms with Gasteiger partial charge >= 0.3 is 0 Å². The summed E-state index contributed by atoms with van der Waals surface area (Å²) in [6.45, 7) is 0. The van der Waals surface area contributed by atoms with Gasteiger partial charge in [-0.1, -0.05) is 43.0 Å². The van der Waals surface area contributed by atoms with Gasteiger partial charge in [0.1, 0.15) is 5.76 Å². The van der Waals surface area contributed by atoms with Crippen LogP contribution in [0.1, 0.15) is 43.8 Å². The second kappa shape index (κ2) is 5.14. The van der Waals surface area contributed by atoms with Crippen molar-refractivity contribution >= 4 is 34.2 Å². The molecule has 1 nitrogen and oxygen atoms in total. The Morgan fingerprint density at radius 1 is 1.11 bits per heavy atom. The zero-order valence-electron chi connectivity index (χ0n) is 10.2. The summed E-state index contributed by atoms with van der Waals surface area (Å²) in [7, 11) is 0. The fourth-order valence-corrected chi connectivity index (χ4v) is 3.44. The number of fused-ring (bicyclic) bond motifs is 1. The smallest absolute Gasteiger partial charge is 0.152 e. The second-order valence-electron chi connectivity index (χ2n) is 5.07. The van der Waals surface area contributed by atoms with Crippen LogP contribution >= 0.6 is 23.2 Å². The van der Waals surface area contributed by atoms with E-state index in [0.717, 1.165) is 29.6 Å². The van der Waals surface area contributed by atoms with E-state index in [9.17, 15) is 0 Å². The number of para-hydroxylation sites is 1. The summed E-state index contributed by atoms with van der Waals surface area (Å²) in [6.07, 6.45) is 5.94. The molecule has 96 valence electrons. The summed E-state index contributed by atoms with van der Waals surface area (Å²) in [5.41, 5.74) is 0.794. The normalized spacial score (nSPS) is 25.2. The van der Waals surface area contributed by atoms with Gasteiger partial charge in [-0.15, -0.1) is 11.6 Å². The van der Waals surface area contributed by atoms with E-state index in [0.29, 0.717) is 10.9 Å². The molecule has 3 rings (SSSR count). The van der Waals surface area contributed by atoms with Crippen LogP contribution in [0.25, 0.3) is 11.0 Å². The predicted molar refractivity (Wildman–Crippen MR) is 76.7 cm³/mol. The molecule has 1 aromatic heterocycles. The van der Waals surface area contributed by atoms with Gasteiger partial charge in [-0.05, 0) is 25.0 Å². The Hall–Kier alpha value is -0.660. The summed E-state index contributed by atoms with van der Waals surface area (Å²) in [6, 6.07) is 7.96. The number of hydrogen-bond donors (Lipinski definition) is 0. The highest BCUT2D eigenvalue weighted by atomic mass is 35.5. The highest BCUT2D eigenvalue weighted by Crippen LogP contribution is 2.38. The van der Waals surface area contributed by atoms with Gasteiger partial charge in [-0.3, -0.25) is 0 Å². The summed E-state index contributed by atoms with van der Waals surface area (Å²) < 4.78 is 5.95. The second-order valence-corrected chi connectivity index (χ2v) is 6.04. The van der Waals surface area contributed by atoms with Gasteiger partial charge in [0.25, 0.3) is 0 Å². The molecule has 1 heterocycles. The average Bonchev–Trinajstić information content (AvgIpc) is 2.67. The van der Waals surface area contributed by atoms with Crippen LogP contribution in [0, 0.1) is 0 Å². The van der Waals surface area contributed by atoms with Crippen molar-refractivity contribution in [1.29, 1.82) is 0 Å². The molecule has 0 aliphatic heterocycles. The molecule has 2 atom stereocenters. The third-order valence-electron chi connectivity index (χ3n) is 3.81. The van der Waals surface area contributed by atoms with E-state index in [1.165, 1.54) is 19.3 Å². The number of hydrogen-bond acceptors (Lipinski definition) is 1. The van der Waals surface area contributed by atoms with Crippen LogP contribution < -0.4 is 0 Å². The van der Waals surface area contributed by atoms with E-state index >= 15 is 0 Å². The summed E-state index contributed by atoms with van der Waals surface area (Å²) in [4.78, 5) is 0. The van der Waals surface area contributed by atoms with Gasteiger partial charge in [-0.2, -0.15) is 0 Å². The van der Waals surface area contributed by atoms with E-state index in [1.807, 2.05) is 18.2 Å².